The van der Waals surface area contributed by atoms with E-state index in [-0.39, 0.29) is 17.6 Å². The van der Waals surface area contributed by atoms with Crippen LogP contribution in [-0.4, -0.2) is 39.1 Å². The Bertz CT molecular complexity index is 791. The molecule has 25 heavy (non-hydrogen) atoms. The molecule has 2 aromatic rings. The molecule has 1 N–H and O–H groups in total. The van der Waals surface area contributed by atoms with Gasteiger partial charge in [-0.1, -0.05) is 5.16 Å². The van der Waals surface area contributed by atoms with Gasteiger partial charge in [0.25, 0.3) is 5.91 Å². The van der Waals surface area contributed by atoms with Crippen molar-refractivity contribution < 1.29 is 14.4 Å². The molecule has 2 aliphatic rings. The number of phenols is 1. The number of likely N-dealkylation sites (tertiary alicyclic amines) is 1. The number of benzene rings is 1. The molecule has 1 aliphatic heterocycles. The monoisotopic (exact) mass is 341 g/mol. The molecule has 0 bridgehead atoms. The number of carbonyl (C=O) groups excluding carboxylic acids is 1. The van der Waals surface area contributed by atoms with E-state index < -0.39 is 0 Å². The van der Waals surface area contributed by atoms with Gasteiger partial charge in [0.15, 0.2) is 5.82 Å². The summed E-state index contributed by atoms with van der Waals surface area (Å²) in [4.78, 5) is 19.0. The van der Waals surface area contributed by atoms with Crippen LogP contribution in [0, 0.1) is 6.92 Å². The number of amides is 1. The molecule has 1 saturated heterocycles. The Labute approximate surface area is 146 Å². The van der Waals surface area contributed by atoms with Gasteiger partial charge in [0.1, 0.15) is 5.75 Å². The zero-order chi connectivity index (χ0) is 17.4. The van der Waals surface area contributed by atoms with Gasteiger partial charge in [0.05, 0.1) is 5.56 Å². The van der Waals surface area contributed by atoms with E-state index in [1.165, 1.54) is 11.1 Å². The summed E-state index contributed by atoms with van der Waals surface area (Å²) in [5, 5.41) is 14.2. The van der Waals surface area contributed by atoms with E-state index in [1.54, 1.807) is 6.07 Å². The normalized spacial score (nSPS) is 18.2. The summed E-state index contributed by atoms with van der Waals surface area (Å²) in [6.07, 6.45) is 5.90. The van der Waals surface area contributed by atoms with Crippen molar-refractivity contribution >= 4 is 5.91 Å². The van der Waals surface area contributed by atoms with Gasteiger partial charge in [-0.2, -0.15) is 4.98 Å². The summed E-state index contributed by atoms with van der Waals surface area (Å²) in [6.45, 7) is 3.09. The lowest BCUT2D eigenvalue weighted by Gasteiger charge is -2.31. The molecule has 0 saturated carbocycles. The highest BCUT2D eigenvalue weighted by Gasteiger charge is 2.29. The molecule has 1 fully saturated rings. The molecular weight excluding hydrogens is 318 g/mol. The first-order valence-electron chi connectivity index (χ1n) is 9.06. The van der Waals surface area contributed by atoms with Crippen molar-refractivity contribution in [2.75, 3.05) is 13.1 Å². The van der Waals surface area contributed by atoms with Gasteiger partial charge in [-0.25, -0.2) is 0 Å². The lowest BCUT2D eigenvalue weighted by molar-refractivity contribution is 0.0701. The van der Waals surface area contributed by atoms with E-state index >= 15 is 0 Å². The summed E-state index contributed by atoms with van der Waals surface area (Å²) < 4.78 is 5.26. The minimum absolute atomic E-state index is 0.0777. The number of aryl methyl sites for hydroxylation is 3. The van der Waals surface area contributed by atoms with E-state index in [0.29, 0.717) is 30.4 Å². The Morgan fingerprint density at radius 3 is 2.52 bits per heavy atom. The molecule has 1 amide bonds. The Hall–Kier alpha value is -2.37. The van der Waals surface area contributed by atoms with Crippen LogP contribution in [0.1, 0.15) is 64.8 Å². The fourth-order valence-corrected chi connectivity index (χ4v) is 3.92. The topological polar surface area (TPSA) is 79.5 Å². The number of hydrogen-bond acceptors (Lipinski definition) is 5. The molecule has 1 aliphatic carbocycles. The fourth-order valence-electron chi connectivity index (χ4n) is 3.92. The van der Waals surface area contributed by atoms with Gasteiger partial charge in [-0.3, -0.25) is 4.79 Å². The summed E-state index contributed by atoms with van der Waals surface area (Å²) in [6, 6.07) is 3.69. The van der Waals surface area contributed by atoms with Crippen molar-refractivity contribution in [1.82, 2.24) is 15.0 Å². The van der Waals surface area contributed by atoms with Crippen LogP contribution in [0.2, 0.25) is 0 Å². The number of phenolic OH excluding ortho intramolecular Hbond substituents is 1. The lowest BCUT2D eigenvalue weighted by atomic mass is 9.89. The SMILES string of the molecule is Cc1noc(C2CCN(C(=O)c3cc4c(cc3O)CCCC4)CC2)n1. The summed E-state index contributed by atoms with van der Waals surface area (Å²) >= 11 is 0. The highest BCUT2D eigenvalue weighted by atomic mass is 16.5. The number of hydrogen-bond donors (Lipinski definition) is 1. The third-order valence-electron chi connectivity index (χ3n) is 5.37. The van der Waals surface area contributed by atoms with Gasteiger partial charge in [-0.05, 0) is 68.7 Å². The molecule has 6 nitrogen and oxygen atoms in total. The van der Waals surface area contributed by atoms with Crippen molar-refractivity contribution in [3.8, 4) is 5.75 Å². The number of rotatable bonds is 2. The molecule has 132 valence electrons. The second-order valence-electron chi connectivity index (χ2n) is 7.09. The second kappa shape index (κ2) is 6.50. The van der Waals surface area contributed by atoms with E-state index in [9.17, 15) is 9.90 Å². The maximum absolute atomic E-state index is 12.9. The Morgan fingerprint density at radius 1 is 1.20 bits per heavy atom. The van der Waals surface area contributed by atoms with Crippen molar-refractivity contribution in [1.29, 1.82) is 0 Å². The average molecular weight is 341 g/mol. The van der Waals surface area contributed by atoms with Crippen LogP contribution in [0.4, 0.5) is 0 Å². The van der Waals surface area contributed by atoms with E-state index in [4.69, 9.17) is 4.52 Å². The van der Waals surface area contributed by atoms with Gasteiger partial charge < -0.3 is 14.5 Å². The zero-order valence-corrected chi connectivity index (χ0v) is 14.5. The van der Waals surface area contributed by atoms with Crippen molar-refractivity contribution in [2.24, 2.45) is 0 Å². The smallest absolute Gasteiger partial charge is 0.257 e. The largest absolute Gasteiger partial charge is 0.507 e. The minimum Gasteiger partial charge on any atom is -0.507 e. The molecule has 2 heterocycles. The third kappa shape index (κ3) is 3.13. The first kappa shape index (κ1) is 16.1. The Balaban J connectivity index is 1.47. The Morgan fingerprint density at radius 2 is 1.88 bits per heavy atom. The quantitative estimate of drug-likeness (QED) is 0.908. The van der Waals surface area contributed by atoms with Crippen LogP contribution in [0.25, 0.3) is 0 Å². The number of aromatic hydroxyl groups is 1. The molecule has 1 aromatic carbocycles. The molecule has 4 rings (SSSR count). The van der Waals surface area contributed by atoms with E-state index in [1.807, 2.05) is 17.9 Å². The van der Waals surface area contributed by atoms with Crippen LogP contribution in [-0.2, 0) is 12.8 Å². The summed E-state index contributed by atoms with van der Waals surface area (Å²) in [5.74, 6) is 1.56. The molecule has 0 radical (unpaired) electrons. The van der Waals surface area contributed by atoms with Crippen molar-refractivity contribution in [3.63, 3.8) is 0 Å². The third-order valence-corrected chi connectivity index (χ3v) is 5.37. The van der Waals surface area contributed by atoms with E-state index in [0.717, 1.165) is 38.5 Å². The maximum Gasteiger partial charge on any atom is 0.257 e. The van der Waals surface area contributed by atoms with Gasteiger partial charge in [0, 0.05) is 19.0 Å². The first-order valence-corrected chi connectivity index (χ1v) is 9.06. The predicted octanol–water partition coefficient (Wildman–Crippen LogP) is 2.98. The molecule has 0 atom stereocenters. The molecule has 6 heteroatoms. The van der Waals surface area contributed by atoms with Crippen LogP contribution in [0.5, 0.6) is 5.75 Å². The van der Waals surface area contributed by atoms with Crippen molar-refractivity contribution in [3.05, 3.63) is 40.5 Å². The minimum atomic E-state index is -0.0777. The second-order valence-corrected chi connectivity index (χ2v) is 7.09. The standard InChI is InChI=1S/C19H23N3O3/c1-12-20-18(25-21-12)13-6-8-22(9-7-13)19(24)16-10-14-4-2-3-5-15(14)11-17(16)23/h10-11,13,23H,2-9H2,1H3. The van der Waals surface area contributed by atoms with Crippen LogP contribution in [0.15, 0.2) is 16.7 Å². The highest BCUT2D eigenvalue weighted by molar-refractivity contribution is 5.97. The highest BCUT2D eigenvalue weighted by Crippen LogP contribution is 2.31. The lowest BCUT2D eigenvalue weighted by Crippen LogP contribution is -2.38. The number of carbonyl (C=O) groups is 1. The summed E-state index contributed by atoms with van der Waals surface area (Å²) in [5.41, 5.74) is 2.84. The zero-order valence-electron chi connectivity index (χ0n) is 14.5. The van der Waals surface area contributed by atoms with Crippen LogP contribution in [0.3, 0.4) is 0 Å². The molecular formula is C19H23N3O3. The first-order chi connectivity index (χ1) is 12.1. The molecule has 0 spiro atoms. The predicted molar refractivity (Wildman–Crippen MR) is 91.7 cm³/mol. The number of piperidine rings is 1. The summed E-state index contributed by atoms with van der Waals surface area (Å²) in [7, 11) is 0. The molecule has 1 aromatic heterocycles. The van der Waals surface area contributed by atoms with Crippen molar-refractivity contribution in [2.45, 2.75) is 51.4 Å². The molecule has 0 unspecified atom stereocenters. The van der Waals surface area contributed by atoms with Gasteiger partial charge in [0.2, 0.25) is 5.89 Å². The van der Waals surface area contributed by atoms with Gasteiger partial charge in [-0.15, -0.1) is 0 Å². The van der Waals surface area contributed by atoms with Crippen LogP contribution < -0.4 is 0 Å². The fraction of sp³-hybridized carbons (Fsp3) is 0.526. The number of aromatic nitrogens is 2. The van der Waals surface area contributed by atoms with Gasteiger partial charge >= 0.3 is 0 Å². The maximum atomic E-state index is 12.9. The number of fused-ring (bicyclic) bond motifs is 1. The Kier molecular flexibility index (Phi) is 4.19. The van der Waals surface area contributed by atoms with E-state index in [2.05, 4.69) is 10.1 Å². The van der Waals surface area contributed by atoms with Crippen LogP contribution >= 0.6 is 0 Å². The average Bonchev–Trinajstić information content (AvgIpc) is 3.07. The number of nitrogens with zero attached hydrogens (tertiary/aromatic N) is 3.